The van der Waals surface area contributed by atoms with Gasteiger partial charge in [-0.25, -0.2) is 4.18 Å². The van der Waals surface area contributed by atoms with Crippen molar-refractivity contribution in [1.82, 2.24) is 0 Å². The number of hydrogen-bond acceptors (Lipinski definition) is 11. The van der Waals surface area contributed by atoms with Gasteiger partial charge >= 0.3 is 16.4 Å². The second kappa shape index (κ2) is 45.4. The maximum Gasteiger partial charge on any atom is 0.397 e. The second-order valence-corrected chi connectivity index (χ2v) is 18.8. The minimum absolute atomic E-state index is 0.00812. The Kier molecular flexibility index (Phi) is 42.3. The van der Waals surface area contributed by atoms with Crippen molar-refractivity contribution in [1.29, 1.82) is 0 Å². The third kappa shape index (κ3) is 38.1. The fourth-order valence-corrected chi connectivity index (χ4v) is 8.06. The zero-order valence-corrected chi connectivity index (χ0v) is 43.0. The quantitative estimate of drug-likeness (QED) is 0.0197. The first kappa shape index (κ1) is 63.3. The van der Waals surface area contributed by atoms with Gasteiger partial charge in [-0.15, -0.1) is 0 Å². The number of aliphatic hydroxyl groups excluding tert-OH is 3. The largest absolute Gasteiger partial charge is 0.457 e. The average molecular weight is 979 g/mol. The van der Waals surface area contributed by atoms with Crippen LogP contribution in [0.2, 0.25) is 0 Å². The monoisotopic (exact) mass is 979 g/mol. The number of esters is 1. The van der Waals surface area contributed by atoms with Crippen LogP contribution in [0.4, 0.5) is 0 Å². The molecule has 1 saturated heterocycles. The Morgan fingerprint density at radius 2 is 1.01 bits per heavy atom. The molecule has 0 aromatic carbocycles. The zero-order valence-electron chi connectivity index (χ0n) is 42.1. The molecule has 4 N–H and O–H groups in total. The van der Waals surface area contributed by atoms with Crippen LogP contribution < -0.4 is 0 Å². The first-order valence-electron chi connectivity index (χ1n) is 26.3. The van der Waals surface area contributed by atoms with Crippen LogP contribution in [0.25, 0.3) is 0 Å². The van der Waals surface area contributed by atoms with Crippen molar-refractivity contribution in [3.63, 3.8) is 0 Å². The summed E-state index contributed by atoms with van der Waals surface area (Å²) in [5.41, 5.74) is 0. The van der Waals surface area contributed by atoms with Gasteiger partial charge in [0.15, 0.2) is 6.29 Å². The SMILES string of the molecule is CC/C=C\C/C=C\C/C=C\C/C=C\C/C=C\C/C=C\CCCCCOCC(COC1OC(CO)C(O)C(OS(=O)(=O)O)C1O)OC(=O)CCCCCCCCCCC/C=C\CCCCCCCC. The molecule has 6 unspecified atom stereocenters. The Labute approximate surface area is 413 Å². The van der Waals surface area contributed by atoms with Crippen LogP contribution in [0.3, 0.4) is 0 Å². The molecule has 68 heavy (non-hydrogen) atoms. The van der Waals surface area contributed by atoms with E-state index in [4.69, 9.17) is 18.9 Å². The lowest BCUT2D eigenvalue weighted by Crippen LogP contribution is -2.60. The highest BCUT2D eigenvalue weighted by Gasteiger charge is 2.48. The van der Waals surface area contributed by atoms with Gasteiger partial charge in [-0.05, 0) is 89.9 Å². The number of unbranched alkanes of at least 4 members (excludes halogenated alkanes) is 18. The van der Waals surface area contributed by atoms with Crippen molar-refractivity contribution in [3.8, 4) is 0 Å². The van der Waals surface area contributed by atoms with Gasteiger partial charge in [0.2, 0.25) is 0 Å². The molecule has 6 atom stereocenters. The van der Waals surface area contributed by atoms with Crippen LogP contribution in [0.5, 0.6) is 0 Å². The molecule has 0 radical (unpaired) electrons. The van der Waals surface area contributed by atoms with E-state index in [1.165, 1.54) is 83.5 Å². The summed E-state index contributed by atoms with van der Waals surface area (Å²) in [7, 11) is -5.08. The molecule has 0 bridgehead atoms. The summed E-state index contributed by atoms with van der Waals surface area (Å²) >= 11 is 0. The normalized spacial score (nSPS) is 20.0. The van der Waals surface area contributed by atoms with Crippen molar-refractivity contribution in [2.24, 2.45) is 0 Å². The Bertz CT molecular complexity index is 1500. The molecule has 1 aliphatic rings. The molecule has 1 fully saturated rings. The molecule has 0 saturated carbocycles. The van der Waals surface area contributed by atoms with E-state index in [1.54, 1.807) is 0 Å². The molecular formula is C55H94O12S. The van der Waals surface area contributed by atoms with Gasteiger partial charge in [-0.3, -0.25) is 9.35 Å². The van der Waals surface area contributed by atoms with E-state index in [9.17, 15) is 33.1 Å². The summed E-state index contributed by atoms with van der Waals surface area (Å²) in [6, 6.07) is 0. The number of carbonyl (C=O) groups excluding carboxylic acids is 1. The lowest BCUT2D eigenvalue weighted by molar-refractivity contribution is -0.301. The topological polar surface area (TPSA) is 178 Å². The molecule has 12 nitrogen and oxygen atoms in total. The molecule has 0 spiro atoms. The minimum atomic E-state index is -5.08. The number of carbonyl (C=O) groups is 1. The van der Waals surface area contributed by atoms with Crippen molar-refractivity contribution in [2.75, 3.05) is 26.4 Å². The highest BCUT2D eigenvalue weighted by molar-refractivity contribution is 7.80. The lowest BCUT2D eigenvalue weighted by atomic mass is 9.99. The maximum absolute atomic E-state index is 12.9. The lowest BCUT2D eigenvalue weighted by Gasteiger charge is -2.41. The van der Waals surface area contributed by atoms with Gasteiger partial charge in [0.25, 0.3) is 0 Å². The summed E-state index contributed by atoms with van der Waals surface area (Å²) in [6.07, 6.45) is 51.8. The molecule has 0 amide bonds. The minimum Gasteiger partial charge on any atom is -0.457 e. The van der Waals surface area contributed by atoms with E-state index in [0.717, 1.165) is 83.5 Å². The third-order valence-electron chi connectivity index (χ3n) is 11.5. The number of rotatable bonds is 45. The Morgan fingerprint density at radius 3 is 1.50 bits per heavy atom. The summed E-state index contributed by atoms with van der Waals surface area (Å²) < 4.78 is 59.3. The molecule has 0 aromatic heterocycles. The number of allylic oxidation sites excluding steroid dienone is 14. The fourth-order valence-electron chi connectivity index (χ4n) is 7.55. The maximum atomic E-state index is 12.9. The van der Waals surface area contributed by atoms with E-state index in [0.29, 0.717) is 13.0 Å². The second-order valence-electron chi connectivity index (χ2n) is 17.7. The van der Waals surface area contributed by atoms with Crippen molar-refractivity contribution in [2.45, 2.75) is 230 Å². The highest BCUT2D eigenvalue weighted by Crippen LogP contribution is 2.26. The number of ether oxygens (including phenoxy) is 4. The molecule has 392 valence electrons. The van der Waals surface area contributed by atoms with Crippen LogP contribution in [-0.2, 0) is 38.3 Å². The van der Waals surface area contributed by atoms with Crippen LogP contribution in [-0.4, -0.2) is 97.5 Å². The summed E-state index contributed by atoms with van der Waals surface area (Å²) in [4.78, 5) is 12.9. The number of aliphatic hydroxyl groups is 3. The Balaban J connectivity index is 2.39. The molecule has 13 heteroatoms. The van der Waals surface area contributed by atoms with Crippen LogP contribution in [0.1, 0.15) is 194 Å². The third-order valence-corrected chi connectivity index (χ3v) is 12.0. The zero-order chi connectivity index (χ0) is 49.6. The van der Waals surface area contributed by atoms with Crippen LogP contribution in [0, 0.1) is 0 Å². The molecular weight excluding hydrogens is 885 g/mol. The van der Waals surface area contributed by atoms with Gasteiger partial charge in [-0.2, -0.15) is 8.42 Å². The summed E-state index contributed by atoms with van der Waals surface area (Å²) in [5, 5.41) is 30.8. The van der Waals surface area contributed by atoms with Gasteiger partial charge in [0.1, 0.15) is 30.5 Å². The first-order valence-corrected chi connectivity index (χ1v) is 27.7. The summed E-state index contributed by atoms with van der Waals surface area (Å²) in [6.45, 7) is 3.79. The smallest absolute Gasteiger partial charge is 0.397 e. The predicted octanol–water partition coefficient (Wildman–Crippen LogP) is 12.4. The molecule has 1 heterocycles. The Morgan fingerprint density at radius 1 is 0.574 bits per heavy atom. The van der Waals surface area contributed by atoms with Gasteiger partial charge in [-0.1, -0.05) is 182 Å². The molecule has 0 aliphatic carbocycles. The fraction of sp³-hybridized carbons (Fsp3) is 0.727. The average Bonchev–Trinajstić information content (AvgIpc) is 3.31. The van der Waals surface area contributed by atoms with Crippen LogP contribution in [0.15, 0.2) is 85.1 Å². The van der Waals surface area contributed by atoms with E-state index in [-0.39, 0.29) is 19.6 Å². The first-order chi connectivity index (χ1) is 33.1. The predicted molar refractivity (Wildman–Crippen MR) is 275 cm³/mol. The molecule has 1 aliphatic heterocycles. The summed E-state index contributed by atoms with van der Waals surface area (Å²) in [5.74, 6) is -0.416. The van der Waals surface area contributed by atoms with Gasteiger partial charge in [0, 0.05) is 13.0 Å². The van der Waals surface area contributed by atoms with E-state index in [2.05, 4.69) is 103 Å². The van der Waals surface area contributed by atoms with E-state index in [1.807, 2.05) is 0 Å². The van der Waals surface area contributed by atoms with Crippen LogP contribution >= 0.6 is 0 Å². The molecule has 0 aromatic rings. The van der Waals surface area contributed by atoms with Crippen molar-refractivity contribution in [3.05, 3.63) is 85.1 Å². The standard InChI is InChI=1S/C55H94O12S/c1-3-5-7-9-11-13-15-17-19-21-23-24-25-27-29-31-33-35-37-39-41-43-45-63-47-49(48-64-55-53(59)54(67-68(60,61)62)52(58)50(46-56)66-55)65-51(57)44-42-40-38-36-34-32-30-28-26-22-20-18-16-14-12-10-8-6-4-2/h5,7,11,13,17-20,23-24,27,29,33,35,49-50,52-56,58-59H,3-4,6,8-10,12,14-16,21-22,25-26,28,30-32,34,36-48H2,1-2H3,(H,60,61,62)/b7-5-,13-11-,19-17-,20-18-,24-23-,29-27-,35-33-. The van der Waals surface area contributed by atoms with E-state index >= 15 is 0 Å². The Hall–Kier alpha value is -2.72. The van der Waals surface area contributed by atoms with Gasteiger partial charge in [0.05, 0.1) is 19.8 Å². The molecule has 1 rings (SSSR count). The van der Waals surface area contributed by atoms with Crippen molar-refractivity contribution < 1.29 is 56.2 Å². The highest BCUT2D eigenvalue weighted by atomic mass is 32.3. The van der Waals surface area contributed by atoms with Gasteiger partial charge < -0.3 is 34.3 Å². The van der Waals surface area contributed by atoms with Crippen molar-refractivity contribution >= 4 is 16.4 Å². The van der Waals surface area contributed by atoms with E-state index < -0.39 is 59.8 Å². The number of hydrogen-bond donors (Lipinski definition) is 4.